The van der Waals surface area contributed by atoms with Gasteiger partial charge in [0.15, 0.2) is 0 Å². The highest BCUT2D eigenvalue weighted by atomic mass is 16.4. The maximum absolute atomic E-state index is 11.0. The van der Waals surface area contributed by atoms with Crippen LogP contribution in [0.1, 0.15) is 40.0 Å². The summed E-state index contributed by atoms with van der Waals surface area (Å²) in [5, 5.41) is 9.07. The summed E-state index contributed by atoms with van der Waals surface area (Å²) in [5.74, 6) is -0.811. The number of unbranched alkanes of at least 4 members (excludes halogenated alkanes) is 1. The van der Waals surface area contributed by atoms with E-state index in [9.17, 15) is 4.79 Å². The number of carbonyl (C=O) groups is 1. The summed E-state index contributed by atoms with van der Waals surface area (Å²) in [7, 11) is 0. The third kappa shape index (κ3) is 4.62. The molecule has 0 aromatic carbocycles. The van der Waals surface area contributed by atoms with Gasteiger partial charge in [-0.05, 0) is 26.3 Å². The van der Waals surface area contributed by atoms with Gasteiger partial charge >= 0.3 is 5.97 Å². The van der Waals surface area contributed by atoms with Gasteiger partial charge in [0, 0.05) is 12.6 Å². The summed E-state index contributed by atoms with van der Waals surface area (Å²) in [6.07, 6.45) is 3.05. The zero-order valence-electron chi connectivity index (χ0n) is 10.1. The van der Waals surface area contributed by atoms with E-state index in [-0.39, 0.29) is 12.6 Å². The Kier molecular flexibility index (Phi) is 7.34. The van der Waals surface area contributed by atoms with Gasteiger partial charge < -0.3 is 10.8 Å². The molecule has 2 atom stereocenters. The molecule has 0 rings (SSSR count). The molecule has 0 aliphatic heterocycles. The van der Waals surface area contributed by atoms with Crippen molar-refractivity contribution in [3.63, 3.8) is 0 Å². The third-order valence-corrected chi connectivity index (χ3v) is 2.84. The van der Waals surface area contributed by atoms with E-state index < -0.39 is 12.0 Å². The molecule has 0 radical (unpaired) electrons. The molecular formula is C11H24N2O2. The lowest BCUT2D eigenvalue weighted by atomic mass is 10.1. The smallest absolute Gasteiger partial charge is 0.322 e. The van der Waals surface area contributed by atoms with Crippen LogP contribution >= 0.6 is 0 Å². The third-order valence-electron chi connectivity index (χ3n) is 2.84. The molecule has 0 saturated heterocycles. The predicted octanol–water partition coefficient (Wildman–Crippen LogP) is 1.30. The number of carboxylic acid groups (broad SMARTS) is 1. The zero-order chi connectivity index (χ0) is 11.8. The maximum Gasteiger partial charge on any atom is 0.322 e. The lowest BCUT2D eigenvalue weighted by molar-refractivity contribution is -0.143. The molecule has 0 fully saturated rings. The molecule has 0 bridgehead atoms. The van der Waals surface area contributed by atoms with Crippen LogP contribution in [0.2, 0.25) is 0 Å². The second kappa shape index (κ2) is 7.65. The minimum Gasteiger partial charge on any atom is -0.480 e. The van der Waals surface area contributed by atoms with Gasteiger partial charge in [0.1, 0.15) is 6.04 Å². The topological polar surface area (TPSA) is 66.6 Å². The summed E-state index contributed by atoms with van der Waals surface area (Å²) < 4.78 is 0. The van der Waals surface area contributed by atoms with E-state index in [2.05, 4.69) is 20.8 Å². The van der Waals surface area contributed by atoms with E-state index in [0.29, 0.717) is 0 Å². The molecule has 0 aliphatic carbocycles. The number of carboxylic acids is 1. The minimum atomic E-state index is -0.811. The van der Waals surface area contributed by atoms with Crippen molar-refractivity contribution in [1.82, 2.24) is 4.90 Å². The van der Waals surface area contributed by atoms with Crippen LogP contribution < -0.4 is 5.73 Å². The Morgan fingerprint density at radius 3 is 2.40 bits per heavy atom. The highest BCUT2D eigenvalue weighted by molar-refractivity contribution is 5.73. The lowest BCUT2D eigenvalue weighted by Gasteiger charge is -2.33. The number of hydrogen-bond acceptors (Lipinski definition) is 3. The summed E-state index contributed by atoms with van der Waals surface area (Å²) >= 11 is 0. The molecule has 2 unspecified atom stereocenters. The van der Waals surface area contributed by atoms with Crippen LogP contribution in [0.15, 0.2) is 0 Å². The van der Waals surface area contributed by atoms with Crippen LogP contribution in [-0.2, 0) is 4.79 Å². The Bertz CT molecular complexity index is 185. The van der Waals surface area contributed by atoms with Crippen LogP contribution in [0.5, 0.6) is 0 Å². The standard InChI is InChI=1S/C11H24N2O2/c1-4-6-7-13(9(3)5-2)10(8-12)11(14)15/h9-10H,4-8,12H2,1-3H3,(H,14,15). The van der Waals surface area contributed by atoms with Gasteiger partial charge in [0.2, 0.25) is 0 Å². The predicted molar refractivity (Wildman–Crippen MR) is 61.8 cm³/mol. The molecular weight excluding hydrogens is 192 g/mol. The summed E-state index contributed by atoms with van der Waals surface area (Å²) in [6.45, 7) is 7.23. The molecule has 0 aromatic heterocycles. The van der Waals surface area contributed by atoms with Crippen molar-refractivity contribution < 1.29 is 9.90 Å². The lowest BCUT2D eigenvalue weighted by Crippen LogP contribution is -2.50. The van der Waals surface area contributed by atoms with Crippen molar-refractivity contribution in [3.05, 3.63) is 0 Å². The van der Waals surface area contributed by atoms with Gasteiger partial charge in [-0.15, -0.1) is 0 Å². The molecule has 0 aliphatic rings. The molecule has 0 aromatic rings. The first kappa shape index (κ1) is 14.4. The molecule has 0 saturated carbocycles. The van der Waals surface area contributed by atoms with Crippen molar-refractivity contribution in [2.45, 2.75) is 52.1 Å². The zero-order valence-corrected chi connectivity index (χ0v) is 10.1. The van der Waals surface area contributed by atoms with Crippen LogP contribution in [-0.4, -0.2) is 41.1 Å². The molecule has 0 heterocycles. The second-order valence-electron chi connectivity index (χ2n) is 3.94. The molecule has 0 amide bonds. The fourth-order valence-electron chi connectivity index (χ4n) is 1.64. The van der Waals surface area contributed by atoms with Gasteiger partial charge in [0.25, 0.3) is 0 Å². The molecule has 4 nitrogen and oxygen atoms in total. The number of aliphatic carboxylic acids is 1. The molecule has 0 spiro atoms. The number of nitrogens with zero attached hydrogens (tertiary/aromatic N) is 1. The van der Waals surface area contributed by atoms with E-state index in [1.807, 2.05) is 4.90 Å². The summed E-state index contributed by atoms with van der Waals surface area (Å²) in [4.78, 5) is 13.0. The number of nitrogens with two attached hydrogens (primary N) is 1. The van der Waals surface area contributed by atoms with Gasteiger partial charge in [-0.25, -0.2) is 0 Å². The van der Waals surface area contributed by atoms with Gasteiger partial charge in [0.05, 0.1) is 0 Å². The first-order valence-corrected chi connectivity index (χ1v) is 5.77. The Morgan fingerprint density at radius 1 is 1.47 bits per heavy atom. The van der Waals surface area contributed by atoms with Crippen LogP contribution in [0.4, 0.5) is 0 Å². The van der Waals surface area contributed by atoms with Crippen molar-refractivity contribution >= 4 is 5.97 Å². The van der Waals surface area contributed by atoms with Crippen LogP contribution in [0, 0.1) is 0 Å². The number of rotatable bonds is 8. The van der Waals surface area contributed by atoms with Crippen LogP contribution in [0.3, 0.4) is 0 Å². The first-order valence-electron chi connectivity index (χ1n) is 5.77. The van der Waals surface area contributed by atoms with E-state index in [1.165, 1.54) is 0 Å². The van der Waals surface area contributed by atoms with Gasteiger partial charge in [-0.1, -0.05) is 20.3 Å². The fraction of sp³-hybridized carbons (Fsp3) is 0.909. The average molecular weight is 216 g/mol. The van der Waals surface area contributed by atoms with Gasteiger partial charge in [-0.3, -0.25) is 9.69 Å². The van der Waals surface area contributed by atoms with Crippen molar-refractivity contribution in [2.24, 2.45) is 5.73 Å². The van der Waals surface area contributed by atoms with Crippen molar-refractivity contribution in [2.75, 3.05) is 13.1 Å². The highest BCUT2D eigenvalue weighted by Crippen LogP contribution is 2.10. The Morgan fingerprint density at radius 2 is 2.07 bits per heavy atom. The maximum atomic E-state index is 11.0. The Labute approximate surface area is 92.4 Å². The molecule has 4 heteroatoms. The average Bonchev–Trinajstić information content (AvgIpc) is 2.22. The van der Waals surface area contributed by atoms with E-state index in [1.54, 1.807) is 0 Å². The molecule has 90 valence electrons. The summed E-state index contributed by atoms with van der Waals surface area (Å²) in [5.41, 5.74) is 5.52. The number of hydrogen-bond donors (Lipinski definition) is 2. The fourth-order valence-corrected chi connectivity index (χ4v) is 1.64. The highest BCUT2D eigenvalue weighted by Gasteiger charge is 2.26. The van der Waals surface area contributed by atoms with Crippen molar-refractivity contribution in [3.8, 4) is 0 Å². The van der Waals surface area contributed by atoms with Crippen LogP contribution in [0.25, 0.3) is 0 Å². The van der Waals surface area contributed by atoms with Gasteiger partial charge in [-0.2, -0.15) is 0 Å². The quantitative estimate of drug-likeness (QED) is 0.642. The normalized spacial score (nSPS) is 15.3. The monoisotopic (exact) mass is 216 g/mol. The minimum absolute atomic E-state index is 0.184. The Hall–Kier alpha value is -0.610. The first-order chi connectivity index (χ1) is 7.08. The van der Waals surface area contributed by atoms with E-state index in [0.717, 1.165) is 25.8 Å². The van der Waals surface area contributed by atoms with E-state index in [4.69, 9.17) is 10.8 Å². The SMILES string of the molecule is CCCCN(C(C)CC)C(CN)C(=O)O. The second-order valence-corrected chi connectivity index (χ2v) is 3.94. The Balaban J connectivity index is 4.49. The van der Waals surface area contributed by atoms with Crippen molar-refractivity contribution in [1.29, 1.82) is 0 Å². The van der Waals surface area contributed by atoms with E-state index >= 15 is 0 Å². The summed E-state index contributed by atoms with van der Waals surface area (Å²) in [6, 6.07) is -0.257. The molecule has 15 heavy (non-hydrogen) atoms. The largest absolute Gasteiger partial charge is 0.480 e. The molecule has 3 N–H and O–H groups in total.